The van der Waals surface area contributed by atoms with Crippen LogP contribution < -0.4 is 0 Å². The lowest BCUT2D eigenvalue weighted by atomic mass is 10.2. The van der Waals surface area contributed by atoms with Gasteiger partial charge in [0.05, 0.1) is 6.20 Å². The number of carbonyl (C=O) groups is 1. The van der Waals surface area contributed by atoms with E-state index in [1.807, 2.05) is 11.1 Å². The normalized spacial score (nSPS) is 13.6. The van der Waals surface area contributed by atoms with Crippen LogP contribution in [0.4, 0.5) is 8.78 Å². The molecule has 1 N–H and O–H groups in total. The van der Waals surface area contributed by atoms with Gasteiger partial charge in [0.1, 0.15) is 18.2 Å². The number of benzene rings is 2. The van der Waals surface area contributed by atoms with Crippen LogP contribution in [-0.2, 0) is 24.2 Å². The summed E-state index contributed by atoms with van der Waals surface area (Å²) in [6.07, 6.45) is 3.26. The van der Waals surface area contributed by atoms with Gasteiger partial charge < -0.3 is 4.90 Å². The summed E-state index contributed by atoms with van der Waals surface area (Å²) in [4.78, 5) is 19.5. The molecule has 3 heterocycles. The molecule has 0 radical (unpaired) electrons. The number of hydrogen-bond donors (Lipinski definition) is 1. The Hall–Kier alpha value is -3.88. The second-order valence-electron chi connectivity index (χ2n) is 7.69. The Morgan fingerprint density at radius 1 is 0.938 bits per heavy atom. The molecule has 0 aliphatic carbocycles. The number of nitrogens with one attached hydrogen (secondary N) is 1. The fourth-order valence-corrected chi connectivity index (χ4v) is 3.85. The third-order valence-electron chi connectivity index (χ3n) is 5.60. The number of nitrogens with zero attached hydrogens (tertiary/aromatic N) is 5. The van der Waals surface area contributed by atoms with Crippen molar-refractivity contribution in [1.82, 2.24) is 29.9 Å². The highest BCUT2D eigenvalue weighted by Gasteiger charge is 2.22. The Bertz CT molecular complexity index is 1220. The van der Waals surface area contributed by atoms with Crippen LogP contribution >= 0.6 is 0 Å². The first kappa shape index (κ1) is 20.0. The zero-order valence-electron chi connectivity index (χ0n) is 17.1. The van der Waals surface area contributed by atoms with Gasteiger partial charge in [0.15, 0.2) is 11.6 Å². The van der Waals surface area contributed by atoms with Crippen molar-refractivity contribution in [2.45, 2.75) is 19.4 Å². The van der Waals surface area contributed by atoms with Gasteiger partial charge in [0.25, 0.3) is 0 Å². The van der Waals surface area contributed by atoms with E-state index in [9.17, 15) is 13.6 Å². The number of halogens is 2. The Kier molecular flexibility index (Phi) is 5.22. The van der Waals surface area contributed by atoms with Crippen molar-refractivity contribution in [2.75, 3.05) is 13.1 Å². The van der Waals surface area contributed by atoms with E-state index in [-0.39, 0.29) is 24.1 Å². The van der Waals surface area contributed by atoms with Gasteiger partial charge in [-0.2, -0.15) is 5.10 Å². The fourth-order valence-electron chi connectivity index (χ4n) is 3.85. The number of H-pyrrole nitrogens is 1. The van der Waals surface area contributed by atoms with E-state index in [0.717, 1.165) is 17.7 Å². The quantitative estimate of drug-likeness (QED) is 0.535. The summed E-state index contributed by atoms with van der Waals surface area (Å²) in [7, 11) is 0. The first-order valence-corrected chi connectivity index (χ1v) is 10.3. The molecule has 0 spiro atoms. The topological polar surface area (TPSA) is 79.7 Å². The van der Waals surface area contributed by atoms with Crippen LogP contribution in [0, 0.1) is 11.6 Å². The van der Waals surface area contributed by atoms with Crippen molar-refractivity contribution in [1.29, 1.82) is 0 Å². The van der Waals surface area contributed by atoms with Crippen molar-refractivity contribution in [3.8, 4) is 22.8 Å². The number of aromatic amines is 1. The molecule has 32 heavy (non-hydrogen) atoms. The summed E-state index contributed by atoms with van der Waals surface area (Å²) >= 11 is 0. The molecule has 0 bridgehead atoms. The summed E-state index contributed by atoms with van der Waals surface area (Å²) in [5.41, 5.74) is 3.46. The summed E-state index contributed by atoms with van der Waals surface area (Å²) < 4.78 is 28.3. The molecule has 2 aromatic carbocycles. The van der Waals surface area contributed by atoms with Gasteiger partial charge >= 0.3 is 0 Å². The van der Waals surface area contributed by atoms with Gasteiger partial charge in [-0.05, 0) is 60.5 Å². The van der Waals surface area contributed by atoms with E-state index in [0.29, 0.717) is 42.3 Å². The second-order valence-corrected chi connectivity index (χ2v) is 7.69. The molecule has 0 saturated heterocycles. The van der Waals surface area contributed by atoms with Gasteiger partial charge in [-0.15, -0.1) is 5.10 Å². The Morgan fingerprint density at radius 2 is 1.59 bits per heavy atom. The summed E-state index contributed by atoms with van der Waals surface area (Å²) in [6, 6.07) is 11.7. The van der Waals surface area contributed by atoms with E-state index in [2.05, 4.69) is 20.3 Å². The monoisotopic (exact) mass is 434 g/mol. The molecule has 1 aliphatic heterocycles. The lowest BCUT2D eigenvalue weighted by Gasteiger charge is -2.20. The van der Waals surface area contributed by atoms with Crippen molar-refractivity contribution >= 4 is 5.91 Å². The highest BCUT2D eigenvalue weighted by atomic mass is 19.1. The summed E-state index contributed by atoms with van der Waals surface area (Å²) in [5.74, 6) is 0.0122. The van der Waals surface area contributed by atoms with E-state index in [1.54, 1.807) is 24.3 Å². The molecular weight excluding hydrogens is 414 g/mol. The molecule has 5 rings (SSSR count). The number of fused-ring (bicyclic) bond motifs is 1. The lowest BCUT2D eigenvalue weighted by molar-refractivity contribution is -0.131. The van der Waals surface area contributed by atoms with Gasteiger partial charge in [-0.25, -0.2) is 18.4 Å². The largest absolute Gasteiger partial charge is 0.340 e. The minimum atomic E-state index is -0.364. The Morgan fingerprint density at radius 3 is 2.31 bits per heavy atom. The third-order valence-corrected chi connectivity index (χ3v) is 5.60. The van der Waals surface area contributed by atoms with Gasteiger partial charge in [-0.3, -0.25) is 9.89 Å². The molecule has 4 aromatic rings. The molecule has 7 nitrogen and oxygen atoms in total. The third kappa shape index (κ3) is 4.01. The van der Waals surface area contributed by atoms with Crippen LogP contribution in [0.1, 0.15) is 11.3 Å². The van der Waals surface area contributed by atoms with Gasteiger partial charge in [0, 0.05) is 36.3 Å². The Labute approximate surface area is 182 Å². The number of rotatable bonds is 4. The average Bonchev–Trinajstić information content (AvgIpc) is 3.37. The molecule has 0 saturated carbocycles. The molecule has 0 unspecified atom stereocenters. The van der Waals surface area contributed by atoms with Crippen LogP contribution in [0.25, 0.3) is 22.8 Å². The van der Waals surface area contributed by atoms with E-state index in [4.69, 9.17) is 0 Å². The van der Waals surface area contributed by atoms with Crippen molar-refractivity contribution in [3.05, 3.63) is 77.6 Å². The second kappa shape index (κ2) is 8.33. The highest BCUT2D eigenvalue weighted by Crippen LogP contribution is 2.23. The standard InChI is InChI=1S/C23H20F2N6O/c24-18-5-1-15(2-6-18)22-27-23(16-3-7-19(25)8-4-16)31(29-22)14-21(32)30-11-9-17-13-26-28-20(17)10-12-30/h1-8,13H,9-12,14H2,(H,26,28). The maximum atomic E-state index is 13.4. The maximum absolute atomic E-state index is 13.4. The predicted molar refractivity (Wildman–Crippen MR) is 113 cm³/mol. The fraction of sp³-hybridized carbons (Fsp3) is 0.217. The predicted octanol–water partition coefficient (Wildman–Crippen LogP) is 3.24. The minimum absolute atomic E-state index is 0.00686. The van der Waals surface area contributed by atoms with Gasteiger partial charge in [-0.1, -0.05) is 0 Å². The summed E-state index contributed by atoms with van der Waals surface area (Å²) in [5, 5.41) is 11.6. The highest BCUT2D eigenvalue weighted by molar-refractivity contribution is 5.77. The molecule has 162 valence electrons. The van der Waals surface area contributed by atoms with Crippen LogP contribution in [0.5, 0.6) is 0 Å². The first-order chi connectivity index (χ1) is 15.6. The molecule has 0 atom stereocenters. The number of aromatic nitrogens is 5. The Balaban J connectivity index is 1.43. The van der Waals surface area contributed by atoms with Crippen LogP contribution in [0.15, 0.2) is 54.7 Å². The number of carbonyl (C=O) groups excluding carboxylic acids is 1. The lowest BCUT2D eigenvalue weighted by Crippen LogP contribution is -2.36. The SMILES string of the molecule is O=C(Cn1nc(-c2ccc(F)cc2)nc1-c1ccc(F)cc1)N1CCc2cn[nH]c2CC1. The van der Waals surface area contributed by atoms with E-state index >= 15 is 0 Å². The molecule has 9 heteroatoms. The van der Waals surface area contributed by atoms with E-state index < -0.39 is 0 Å². The van der Waals surface area contributed by atoms with Gasteiger partial charge in [0.2, 0.25) is 5.91 Å². The molecular formula is C23H20F2N6O. The number of hydrogen-bond acceptors (Lipinski definition) is 4. The molecule has 1 aliphatic rings. The van der Waals surface area contributed by atoms with Crippen LogP contribution in [0.3, 0.4) is 0 Å². The molecule has 0 fully saturated rings. The zero-order chi connectivity index (χ0) is 22.1. The van der Waals surface area contributed by atoms with Crippen LogP contribution in [-0.4, -0.2) is 48.9 Å². The van der Waals surface area contributed by atoms with Crippen molar-refractivity contribution in [2.24, 2.45) is 0 Å². The first-order valence-electron chi connectivity index (χ1n) is 10.3. The van der Waals surface area contributed by atoms with Crippen molar-refractivity contribution < 1.29 is 13.6 Å². The summed E-state index contributed by atoms with van der Waals surface area (Å²) in [6.45, 7) is 1.17. The zero-order valence-corrected chi connectivity index (χ0v) is 17.1. The molecule has 1 amide bonds. The smallest absolute Gasteiger partial charge is 0.244 e. The average molecular weight is 434 g/mol. The minimum Gasteiger partial charge on any atom is -0.340 e. The number of amides is 1. The molecule has 2 aromatic heterocycles. The van der Waals surface area contributed by atoms with Crippen LogP contribution in [0.2, 0.25) is 0 Å². The van der Waals surface area contributed by atoms with Crippen molar-refractivity contribution in [3.63, 3.8) is 0 Å². The van der Waals surface area contributed by atoms with E-state index in [1.165, 1.54) is 28.9 Å². The maximum Gasteiger partial charge on any atom is 0.244 e.